The van der Waals surface area contributed by atoms with Gasteiger partial charge in [-0.05, 0) is 23.8 Å². The Bertz CT molecular complexity index is 907. The molecule has 2 saturated heterocycles. The molecule has 0 aromatic heterocycles. The summed E-state index contributed by atoms with van der Waals surface area (Å²) in [6.45, 7) is -1.49. The van der Waals surface area contributed by atoms with Crippen molar-refractivity contribution in [1.29, 1.82) is 0 Å². The van der Waals surface area contributed by atoms with Gasteiger partial charge in [0, 0.05) is 6.08 Å². The smallest absolute Gasteiger partial charge is 0.333 e. The van der Waals surface area contributed by atoms with E-state index in [1.54, 1.807) is 0 Å². The summed E-state index contributed by atoms with van der Waals surface area (Å²) >= 11 is 0. The van der Waals surface area contributed by atoms with Gasteiger partial charge in [0.15, 0.2) is 23.9 Å². The zero-order valence-corrected chi connectivity index (χ0v) is 19.1. The van der Waals surface area contributed by atoms with E-state index in [4.69, 9.17) is 23.7 Å². The number of rotatable bonds is 8. The lowest BCUT2D eigenvalue weighted by molar-refractivity contribution is -0.362. The second-order valence-corrected chi connectivity index (χ2v) is 8.21. The fourth-order valence-electron chi connectivity index (χ4n) is 3.75. The lowest BCUT2D eigenvalue weighted by atomic mass is 9.97. The van der Waals surface area contributed by atoms with Crippen LogP contribution in [-0.4, -0.2) is 129 Å². The Labute approximate surface area is 205 Å². The molecular formula is C22H30O14. The van der Waals surface area contributed by atoms with Gasteiger partial charge in [0.05, 0.1) is 20.3 Å². The van der Waals surface area contributed by atoms with Crippen molar-refractivity contribution in [2.45, 2.75) is 61.4 Å². The minimum Gasteiger partial charge on any atom is -0.504 e. The van der Waals surface area contributed by atoms with Crippen molar-refractivity contribution in [3.63, 3.8) is 0 Å². The first kappa shape index (κ1) is 28.2. The molecule has 2 heterocycles. The van der Waals surface area contributed by atoms with Crippen LogP contribution in [0.5, 0.6) is 11.5 Å². The van der Waals surface area contributed by atoms with Crippen LogP contribution in [0.15, 0.2) is 24.3 Å². The number of carbonyl (C=O) groups is 1. The molecule has 0 spiro atoms. The second kappa shape index (κ2) is 12.2. The molecule has 0 bridgehead atoms. The van der Waals surface area contributed by atoms with E-state index in [0.29, 0.717) is 5.56 Å². The van der Waals surface area contributed by atoms with E-state index >= 15 is 0 Å². The number of ether oxygens (including phenoxy) is 5. The summed E-state index contributed by atoms with van der Waals surface area (Å²) in [5, 5.41) is 79.4. The van der Waals surface area contributed by atoms with E-state index in [9.17, 15) is 45.6 Å². The summed E-state index contributed by atoms with van der Waals surface area (Å²) in [7, 11) is 1.35. The maximum Gasteiger partial charge on any atom is 0.333 e. The topological polar surface area (TPSA) is 225 Å². The molecule has 0 radical (unpaired) electrons. The number of aliphatic hydroxyl groups is 7. The van der Waals surface area contributed by atoms with E-state index in [0.717, 1.165) is 6.08 Å². The fraction of sp³-hybridized carbons (Fsp3) is 0.591. The first-order valence-corrected chi connectivity index (χ1v) is 10.9. The maximum atomic E-state index is 12.5. The van der Waals surface area contributed by atoms with Gasteiger partial charge in [-0.25, -0.2) is 4.79 Å². The summed E-state index contributed by atoms with van der Waals surface area (Å²) < 4.78 is 26.3. The predicted molar refractivity (Wildman–Crippen MR) is 116 cm³/mol. The van der Waals surface area contributed by atoms with Crippen molar-refractivity contribution < 1.29 is 69.3 Å². The van der Waals surface area contributed by atoms with Crippen molar-refractivity contribution in [3.05, 3.63) is 29.8 Å². The molecule has 36 heavy (non-hydrogen) atoms. The SMILES string of the molecule is COc1cc(C=CC(=O)O[C@@H]2O[C@H](CO)[C@@H](O)[C@H](O)[C@H]2O[C@@H]2O[C@H](CO)[C@@H](O)[C@H](O)[C@H]2O)ccc1O. The molecule has 3 rings (SSSR count). The Morgan fingerprint density at radius 2 is 1.53 bits per heavy atom. The van der Waals surface area contributed by atoms with Gasteiger partial charge in [-0.3, -0.25) is 0 Å². The van der Waals surface area contributed by atoms with Crippen LogP contribution in [0.25, 0.3) is 6.08 Å². The highest BCUT2D eigenvalue weighted by Gasteiger charge is 2.51. The number of esters is 1. The summed E-state index contributed by atoms with van der Waals surface area (Å²) in [5.41, 5.74) is 0.462. The van der Waals surface area contributed by atoms with Crippen LogP contribution in [0.4, 0.5) is 0 Å². The normalized spacial score (nSPS) is 37.1. The first-order valence-electron chi connectivity index (χ1n) is 10.9. The molecule has 8 N–H and O–H groups in total. The van der Waals surface area contributed by atoms with Crippen LogP contribution in [0.3, 0.4) is 0 Å². The number of hydrogen-bond acceptors (Lipinski definition) is 14. The van der Waals surface area contributed by atoms with E-state index < -0.39 is 80.6 Å². The van der Waals surface area contributed by atoms with Crippen molar-refractivity contribution in [2.24, 2.45) is 0 Å². The molecule has 10 atom stereocenters. The zero-order chi connectivity index (χ0) is 26.6. The highest BCUT2D eigenvalue weighted by atomic mass is 16.8. The van der Waals surface area contributed by atoms with E-state index in [2.05, 4.69) is 0 Å². The Morgan fingerprint density at radius 1 is 0.917 bits per heavy atom. The average molecular weight is 518 g/mol. The number of phenols is 1. The molecule has 2 aliphatic rings. The molecule has 1 aromatic carbocycles. The highest BCUT2D eigenvalue weighted by molar-refractivity contribution is 5.87. The van der Waals surface area contributed by atoms with Crippen LogP contribution in [0.2, 0.25) is 0 Å². The molecule has 14 nitrogen and oxygen atoms in total. The van der Waals surface area contributed by atoms with Crippen molar-refractivity contribution in [1.82, 2.24) is 0 Å². The first-order chi connectivity index (χ1) is 17.1. The van der Waals surface area contributed by atoms with Crippen molar-refractivity contribution >= 4 is 12.0 Å². The Balaban J connectivity index is 1.76. The molecule has 0 amide bonds. The molecular weight excluding hydrogens is 488 g/mol. The fourth-order valence-corrected chi connectivity index (χ4v) is 3.75. The highest BCUT2D eigenvalue weighted by Crippen LogP contribution is 2.30. The van der Waals surface area contributed by atoms with Crippen LogP contribution < -0.4 is 4.74 Å². The van der Waals surface area contributed by atoms with Gasteiger partial charge in [-0.1, -0.05) is 6.07 Å². The third-order valence-corrected chi connectivity index (χ3v) is 5.81. The van der Waals surface area contributed by atoms with Gasteiger partial charge >= 0.3 is 5.97 Å². The summed E-state index contributed by atoms with van der Waals surface area (Å²) in [6.07, 6.45) is -14.3. The molecule has 1 aromatic rings. The number of aromatic hydroxyl groups is 1. The summed E-state index contributed by atoms with van der Waals surface area (Å²) in [6, 6.07) is 4.29. The standard InChI is InChI=1S/C22H30O14/c1-32-11-6-9(2-4-10(11)25)3-5-14(26)35-22-20(18(30)16(28)13(8-24)34-22)36-21-19(31)17(29)15(27)12(7-23)33-21/h2-6,12-13,15-25,27-31H,7-8H2,1H3/t12-,13-,15-,16-,17+,18+,19-,20-,21+,22+/m1/s1. The summed E-state index contributed by atoms with van der Waals surface area (Å²) in [5.74, 6) is -0.935. The van der Waals surface area contributed by atoms with Crippen molar-refractivity contribution in [2.75, 3.05) is 20.3 Å². The molecule has 0 unspecified atom stereocenters. The Morgan fingerprint density at radius 3 is 2.14 bits per heavy atom. The Hall–Kier alpha value is -2.37. The molecule has 14 heteroatoms. The molecule has 2 aliphatic heterocycles. The number of carbonyl (C=O) groups excluding carboxylic acids is 1. The quantitative estimate of drug-likeness (QED) is 0.124. The molecule has 202 valence electrons. The molecule has 2 fully saturated rings. The minimum absolute atomic E-state index is 0.108. The van der Waals surface area contributed by atoms with Gasteiger partial charge in [-0.15, -0.1) is 0 Å². The van der Waals surface area contributed by atoms with Gasteiger partial charge in [0.2, 0.25) is 6.29 Å². The van der Waals surface area contributed by atoms with Crippen LogP contribution in [0.1, 0.15) is 5.56 Å². The number of hydrogen-bond donors (Lipinski definition) is 8. The monoisotopic (exact) mass is 518 g/mol. The second-order valence-electron chi connectivity index (χ2n) is 8.21. The van der Waals surface area contributed by atoms with Gasteiger partial charge in [0.25, 0.3) is 0 Å². The number of phenolic OH excluding ortho intramolecular Hbond substituents is 1. The van der Waals surface area contributed by atoms with Gasteiger partial charge < -0.3 is 64.5 Å². The molecule has 0 aliphatic carbocycles. The third-order valence-electron chi connectivity index (χ3n) is 5.81. The van der Waals surface area contributed by atoms with E-state index in [1.807, 2.05) is 0 Å². The van der Waals surface area contributed by atoms with Crippen LogP contribution in [-0.2, 0) is 23.7 Å². The Kier molecular flexibility index (Phi) is 9.59. The number of methoxy groups -OCH3 is 1. The zero-order valence-electron chi connectivity index (χ0n) is 19.1. The van der Waals surface area contributed by atoms with Crippen molar-refractivity contribution in [3.8, 4) is 11.5 Å². The van der Waals surface area contributed by atoms with Crippen LogP contribution in [0, 0.1) is 0 Å². The van der Waals surface area contributed by atoms with E-state index in [1.165, 1.54) is 31.4 Å². The number of aliphatic hydroxyl groups excluding tert-OH is 7. The number of benzene rings is 1. The summed E-state index contributed by atoms with van der Waals surface area (Å²) in [4.78, 5) is 12.5. The average Bonchev–Trinajstić information content (AvgIpc) is 2.87. The van der Waals surface area contributed by atoms with Gasteiger partial charge in [-0.2, -0.15) is 0 Å². The van der Waals surface area contributed by atoms with Crippen LogP contribution >= 0.6 is 0 Å². The largest absolute Gasteiger partial charge is 0.504 e. The van der Waals surface area contributed by atoms with E-state index in [-0.39, 0.29) is 11.5 Å². The third kappa shape index (κ3) is 6.12. The van der Waals surface area contributed by atoms with Gasteiger partial charge in [0.1, 0.15) is 42.7 Å². The molecule has 0 saturated carbocycles. The maximum absolute atomic E-state index is 12.5. The predicted octanol–water partition coefficient (Wildman–Crippen LogP) is -3.42. The minimum atomic E-state index is -1.84. The lowest BCUT2D eigenvalue weighted by Gasteiger charge is -2.45. The lowest BCUT2D eigenvalue weighted by Crippen LogP contribution is -2.64.